The standard InChI is InChI=1S/C15H17F3N2/c1-10(9-14(19-2)11-3-4-11)20-13-7-5-12(6-8-13)15(16,17)18/h5-9,11,20H,3-4H2,1-2H3/b10-9-,19-14+. The van der Waals surface area contributed by atoms with E-state index in [1.54, 1.807) is 7.05 Å². The third-order valence-corrected chi connectivity index (χ3v) is 3.17. The van der Waals surface area contributed by atoms with Crippen LogP contribution < -0.4 is 5.32 Å². The summed E-state index contributed by atoms with van der Waals surface area (Å²) >= 11 is 0. The lowest BCUT2D eigenvalue weighted by Gasteiger charge is -2.10. The lowest BCUT2D eigenvalue weighted by Crippen LogP contribution is -2.05. The Balaban J connectivity index is 2.04. The Bertz CT molecular complexity index is 523. The highest BCUT2D eigenvalue weighted by atomic mass is 19.4. The van der Waals surface area contributed by atoms with Crippen molar-refractivity contribution in [3.8, 4) is 0 Å². The summed E-state index contributed by atoms with van der Waals surface area (Å²) in [4.78, 5) is 4.23. The normalized spacial score (nSPS) is 17.2. The van der Waals surface area contributed by atoms with E-state index in [0.29, 0.717) is 11.6 Å². The number of aliphatic imine (C=N–C) groups is 1. The zero-order valence-corrected chi connectivity index (χ0v) is 11.5. The predicted molar refractivity (Wildman–Crippen MR) is 74.9 cm³/mol. The molecule has 108 valence electrons. The summed E-state index contributed by atoms with van der Waals surface area (Å²) in [6.07, 6.45) is -0.0137. The molecule has 20 heavy (non-hydrogen) atoms. The molecule has 1 aromatic rings. The van der Waals surface area contributed by atoms with Crippen LogP contribution >= 0.6 is 0 Å². The molecule has 0 atom stereocenters. The van der Waals surface area contributed by atoms with Crippen LogP contribution in [-0.4, -0.2) is 12.8 Å². The van der Waals surface area contributed by atoms with Gasteiger partial charge < -0.3 is 5.32 Å². The highest BCUT2D eigenvalue weighted by molar-refractivity contribution is 5.99. The Hall–Kier alpha value is -1.78. The second-order valence-corrected chi connectivity index (χ2v) is 4.95. The minimum absolute atomic E-state index is 0.546. The van der Waals surface area contributed by atoms with Gasteiger partial charge in [0, 0.05) is 30.1 Å². The minimum atomic E-state index is -4.29. The Morgan fingerprint density at radius 1 is 1.25 bits per heavy atom. The first kappa shape index (κ1) is 14.6. The van der Waals surface area contributed by atoms with Crippen LogP contribution in [0.15, 0.2) is 41.0 Å². The molecule has 0 amide bonds. The number of alkyl halides is 3. The van der Waals surface area contributed by atoms with Crippen molar-refractivity contribution in [3.63, 3.8) is 0 Å². The summed E-state index contributed by atoms with van der Waals surface area (Å²) in [6.45, 7) is 1.88. The fraction of sp³-hybridized carbons (Fsp3) is 0.400. The van der Waals surface area contributed by atoms with Gasteiger partial charge in [-0.2, -0.15) is 13.2 Å². The molecule has 0 aromatic heterocycles. The minimum Gasteiger partial charge on any atom is -0.359 e. The predicted octanol–water partition coefficient (Wildman–Crippen LogP) is 4.50. The number of nitrogens with zero attached hydrogens (tertiary/aromatic N) is 1. The van der Waals surface area contributed by atoms with E-state index in [1.165, 1.54) is 12.1 Å². The van der Waals surface area contributed by atoms with E-state index < -0.39 is 11.7 Å². The van der Waals surface area contributed by atoms with E-state index >= 15 is 0 Å². The van der Waals surface area contributed by atoms with Crippen molar-refractivity contribution < 1.29 is 13.2 Å². The van der Waals surface area contributed by atoms with Crippen molar-refractivity contribution in [1.29, 1.82) is 0 Å². The van der Waals surface area contributed by atoms with Crippen LogP contribution in [0.2, 0.25) is 0 Å². The molecule has 0 bridgehead atoms. The van der Waals surface area contributed by atoms with Crippen LogP contribution in [0.4, 0.5) is 18.9 Å². The van der Waals surface area contributed by atoms with Gasteiger partial charge in [-0.25, -0.2) is 0 Å². The number of hydrogen-bond donors (Lipinski definition) is 1. The third-order valence-electron chi connectivity index (χ3n) is 3.17. The SMILES string of the molecule is C/N=C(\C=C(\C)Nc1ccc(C(F)(F)F)cc1)C1CC1. The van der Waals surface area contributed by atoms with Crippen molar-refractivity contribution in [2.24, 2.45) is 10.9 Å². The number of allylic oxidation sites excluding steroid dienone is 2. The number of benzene rings is 1. The first-order valence-electron chi connectivity index (χ1n) is 6.49. The van der Waals surface area contributed by atoms with Gasteiger partial charge in [-0.3, -0.25) is 4.99 Å². The van der Waals surface area contributed by atoms with Crippen LogP contribution in [0.1, 0.15) is 25.3 Å². The molecule has 2 nitrogen and oxygen atoms in total. The lowest BCUT2D eigenvalue weighted by molar-refractivity contribution is -0.137. The van der Waals surface area contributed by atoms with E-state index in [-0.39, 0.29) is 0 Å². The van der Waals surface area contributed by atoms with Crippen LogP contribution in [0.5, 0.6) is 0 Å². The molecule has 0 unspecified atom stereocenters. The van der Waals surface area contributed by atoms with Crippen LogP contribution in [-0.2, 0) is 6.18 Å². The lowest BCUT2D eigenvalue weighted by atomic mass is 10.2. The zero-order valence-electron chi connectivity index (χ0n) is 11.5. The fourth-order valence-electron chi connectivity index (χ4n) is 1.97. The maximum absolute atomic E-state index is 12.4. The largest absolute Gasteiger partial charge is 0.416 e. The molecule has 0 spiro atoms. The molecule has 0 heterocycles. The van der Waals surface area contributed by atoms with Crippen molar-refractivity contribution >= 4 is 11.4 Å². The second-order valence-electron chi connectivity index (χ2n) is 4.95. The van der Waals surface area contributed by atoms with Gasteiger partial charge in [0.25, 0.3) is 0 Å². The Labute approximate surface area is 116 Å². The van der Waals surface area contributed by atoms with E-state index in [1.807, 2.05) is 13.0 Å². The third kappa shape index (κ3) is 3.85. The average molecular weight is 282 g/mol. The number of nitrogens with one attached hydrogen (secondary N) is 1. The van der Waals surface area contributed by atoms with Crippen molar-refractivity contribution in [2.45, 2.75) is 25.9 Å². The van der Waals surface area contributed by atoms with Crippen LogP contribution in [0.25, 0.3) is 0 Å². The molecule has 1 saturated carbocycles. The highest BCUT2D eigenvalue weighted by Crippen LogP contribution is 2.32. The number of halogens is 3. The molecule has 1 N–H and O–H groups in total. The van der Waals surface area contributed by atoms with E-state index in [9.17, 15) is 13.2 Å². The molecule has 0 saturated heterocycles. The van der Waals surface area contributed by atoms with E-state index in [4.69, 9.17) is 0 Å². The average Bonchev–Trinajstić information content (AvgIpc) is 3.19. The van der Waals surface area contributed by atoms with Gasteiger partial charge in [0.15, 0.2) is 0 Å². The summed E-state index contributed by atoms with van der Waals surface area (Å²) in [7, 11) is 1.76. The summed E-state index contributed by atoms with van der Waals surface area (Å²) in [5.74, 6) is 0.546. The molecule has 0 aliphatic heterocycles. The molecule has 1 fully saturated rings. The quantitative estimate of drug-likeness (QED) is 0.808. The molecule has 5 heteroatoms. The van der Waals surface area contributed by atoms with Gasteiger partial charge >= 0.3 is 6.18 Å². The van der Waals surface area contributed by atoms with Crippen molar-refractivity contribution in [2.75, 3.05) is 12.4 Å². The van der Waals surface area contributed by atoms with Gasteiger partial charge in [-0.15, -0.1) is 0 Å². The van der Waals surface area contributed by atoms with E-state index in [2.05, 4.69) is 10.3 Å². The first-order valence-corrected chi connectivity index (χ1v) is 6.49. The Kier molecular flexibility index (Phi) is 4.16. The molecule has 1 aliphatic carbocycles. The molecule has 1 aliphatic rings. The van der Waals surface area contributed by atoms with Crippen molar-refractivity contribution in [1.82, 2.24) is 0 Å². The van der Waals surface area contributed by atoms with Gasteiger partial charge in [0.1, 0.15) is 0 Å². The summed E-state index contributed by atoms with van der Waals surface area (Å²) < 4.78 is 37.3. The number of rotatable bonds is 4. The first-order chi connectivity index (χ1) is 9.40. The summed E-state index contributed by atoms with van der Waals surface area (Å²) in [5, 5.41) is 3.08. The summed E-state index contributed by atoms with van der Waals surface area (Å²) in [5.41, 5.74) is 1.91. The molecule has 2 rings (SSSR count). The number of hydrogen-bond acceptors (Lipinski definition) is 2. The van der Waals surface area contributed by atoms with Gasteiger partial charge in [0.2, 0.25) is 0 Å². The maximum atomic E-state index is 12.4. The maximum Gasteiger partial charge on any atom is 0.416 e. The van der Waals surface area contributed by atoms with Crippen LogP contribution in [0.3, 0.4) is 0 Å². The fourth-order valence-corrected chi connectivity index (χ4v) is 1.97. The smallest absolute Gasteiger partial charge is 0.359 e. The second kappa shape index (κ2) is 5.69. The monoisotopic (exact) mass is 282 g/mol. The van der Waals surface area contributed by atoms with Gasteiger partial charge in [0.05, 0.1) is 5.56 Å². The summed E-state index contributed by atoms with van der Waals surface area (Å²) in [6, 6.07) is 5.01. The zero-order chi connectivity index (χ0) is 14.8. The molecular formula is C15H17F3N2. The highest BCUT2D eigenvalue weighted by Gasteiger charge is 2.30. The molecular weight excluding hydrogens is 265 g/mol. The Morgan fingerprint density at radius 3 is 2.30 bits per heavy atom. The topological polar surface area (TPSA) is 24.4 Å². The molecule has 0 radical (unpaired) electrons. The molecule has 1 aromatic carbocycles. The van der Waals surface area contributed by atoms with Gasteiger partial charge in [-0.05, 0) is 50.1 Å². The number of anilines is 1. The van der Waals surface area contributed by atoms with Crippen molar-refractivity contribution in [3.05, 3.63) is 41.6 Å². The Morgan fingerprint density at radius 2 is 1.85 bits per heavy atom. The van der Waals surface area contributed by atoms with E-state index in [0.717, 1.165) is 36.4 Å². The van der Waals surface area contributed by atoms with Crippen LogP contribution in [0, 0.1) is 5.92 Å². The van der Waals surface area contributed by atoms with Gasteiger partial charge in [-0.1, -0.05) is 0 Å².